The summed E-state index contributed by atoms with van der Waals surface area (Å²) in [6.45, 7) is 8.22. The van der Waals surface area contributed by atoms with Gasteiger partial charge in [-0.2, -0.15) is 0 Å². The molecule has 0 aliphatic rings. The zero-order valence-corrected chi connectivity index (χ0v) is 35.1. The van der Waals surface area contributed by atoms with Gasteiger partial charge < -0.3 is 35.3 Å². The summed E-state index contributed by atoms with van der Waals surface area (Å²) in [7, 11) is 0. The van der Waals surface area contributed by atoms with Gasteiger partial charge in [-0.3, -0.25) is 14.4 Å². The molecule has 0 bridgehead atoms. The molecule has 0 saturated carbocycles. The molecule has 4 aromatic rings. The number of carbonyl (C=O) groups excluding carboxylic acids is 4. The van der Waals surface area contributed by atoms with Gasteiger partial charge in [0, 0.05) is 13.0 Å². The van der Waals surface area contributed by atoms with Gasteiger partial charge in [0.1, 0.15) is 25.6 Å². The number of benzene rings is 4. The number of hydrogen-bond acceptors (Lipinski definition) is 8. The van der Waals surface area contributed by atoms with Crippen molar-refractivity contribution in [1.82, 2.24) is 16.0 Å². The van der Waals surface area contributed by atoms with E-state index < -0.39 is 30.0 Å². The molecule has 4 aromatic carbocycles. The molecule has 324 valence electrons. The summed E-state index contributed by atoms with van der Waals surface area (Å²) in [4.78, 5) is 52.9. The maximum atomic E-state index is 13.8. The predicted molar refractivity (Wildman–Crippen MR) is 237 cm³/mol. The third-order valence-corrected chi connectivity index (χ3v) is 10.1. The van der Waals surface area contributed by atoms with Crippen LogP contribution in [0.4, 0.5) is 4.79 Å². The van der Waals surface area contributed by atoms with Gasteiger partial charge in [0.05, 0.1) is 30.5 Å². The third kappa shape index (κ3) is 18.7. The fraction of sp³-hybridized carbons (Fsp3) is 0.360. The lowest BCUT2D eigenvalue weighted by atomic mass is 9.95. The van der Waals surface area contributed by atoms with E-state index >= 15 is 0 Å². The maximum absolute atomic E-state index is 13.8. The van der Waals surface area contributed by atoms with Crippen LogP contribution >= 0.6 is 0 Å². The molecule has 61 heavy (non-hydrogen) atoms. The Balaban J connectivity index is 1.32. The monoisotopic (exact) mass is 831 g/mol. The van der Waals surface area contributed by atoms with Crippen molar-refractivity contribution in [3.8, 4) is 5.75 Å². The number of aliphatic hydroxyl groups is 1. The lowest BCUT2D eigenvalue weighted by molar-refractivity contribution is -0.150. The second-order valence-corrected chi connectivity index (χ2v) is 15.1. The lowest BCUT2D eigenvalue weighted by Crippen LogP contribution is -2.45. The number of nitrogens with one attached hydrogen (secondary N) is 3. The summed E-state index contributed by atoms with van der Waals surface area (Å²) < 4.78 is 17.1. The summed E-state index contributed by atoms with van der Waals surface area (Å²) in [6, 6.07) is 35.4. The first-order valence-electron chi connectivity index (χ1n) is 21.1. The van der Waals surface area contributed by atoms with E-state index in [-0.39, 0.29) is 50.4 Å². The number of alkyl carbamates (subject to hydrolysis) is 1. The summed E-state index contributed by atoms with van der Waals surface area (Å²) in [6.07, 6.45) is 6.67. The molecular weight excluding hydrogens is 771 g/mol. The van der Waals surface area contributed by atoms with Crippen molar-refractivity contribution in [3.63, 3.8) is 0 Å². The van der Waals surface area contributed by atoms with E-state index in [4.69, 9.17) is 14.2 Å². The summed E-state index contributed by atoms with van der Waals surface area (Å²) >= 11 is 0. The van der Waals surface area contributed by atoms with E-state index in [0.717, 1.165) is 22.3 Å². The topological polar surface area (TPSA) is 152 Å². The van der Waals surface area contributed by atoms with E-state index in [1.54, 1.807) is 12.2 Å². The molecule has 0 heterocycles. The largest absolute Gasteiger partial charge is 0.489 e. The predicted octanol–water partition coefficient (Wildman–Crippen LogP) is 7.82. The van der Waals surface area contributed by atoms with Gasteiger partial charge in [0.15, 0.2) is 0 Å². The molecule has 0 radical (unpaired) electrons. The van der Waals surface area contributed by atoms with Crippen LogP contribution in [-0.2, 0) is 49.9 Å². The average molecular weight is 832 g/mol. The molecule has 11 nitrogen and oxygen atoms in total. The van der Waals surface area contributed by atoms with Gasteiger partial charge in [0.25, 0.3) is 0 Å². The van der Waals surface area contributed by atoms with Crippen LogP contribution in [0.5, 0.6) is 5.75 Å². The highest BCUT2D eigenvalue weighted by molar-refractivity contribution is 5.86. The van der Waals surface area contributed by atoms with Crippen molar-refractivity contribution in [1.29, 1.82) is 0 Å². The molecular formula is C50H61N3O8. The first-order valence-corrected chi connectivity index (χ1v) is 21.1. The molecule has 0 aromatic heterocycles. The van der Waals surface area contributed by atoms with Gasteiger partial charge in [-0.25, -0.2) is 4.79 Å². The zero-order valence-electron chi connectivity index (χ0n) is 35.1. The second-order valence-electron chi connectivity index (χ2n) is 15.1. The van der Waals surface area contributed by atoms with Gasteiger partial charge >= 0.3 is 12.1 Å². The number of aliphatic hydroxyl groups excluding tert-OH is 1. The van der Waals surface area contributed by atoms with Crippen LogP contribution in [0.1, 0.15) is 67.2 Å². The number of esters is 1. The Morgan fingerprint density at radius 3 is 1.89 bits per heavy atom. The van der Waals surface area contributed by atoms with Crippen molar-refractivity contribution in [3.05, 3.63) is 163 Å². The number of carbonyl (C=O) groups is 4. The molecule has 0 saturated heterocycles. The average Bonchev–Trinajstić information content (AvgIpc) is 3.28. The molecule has 4 rings (SSSR count). The SMILES string of the molecule is C=CCC[C@H](Cc1ccccc1)C(=O)OC[C@H](CCCCNC(=O)OCc1ccccc1)NC(=O)[C@@H](CC=C)CC(=O)N[C@H](CO)Cc1ccc(OCc2ccccc2)cc1. The van der Waals surface area contributed by atoms with Crippen LogP contribution in [0, 0.1) is 11.8 Å². The van der Waals surface area contributed by atoms with Crippen LogP contribution in [0.2, 0.25) is 0 Å². The fourth-order valence-electron chi connectivity index (χ4n) is 6.72. The van der Waals surface area contributed by atoms with Crippen LogP contribution in [0.25, 0.3) is 0 Å². The molecule has 0 aliphatic heterocycles. The molecule has 3 amide bonds. The molecule has 0 aliphatic carbocycles. The van der Waals surface area contributed by atoms with Gasteiger partial charge in [-0.1, -0.05) is 115 Å². The number of unbranched alkanes of at least 4 members (excludes halogenated alkanes) is 1. The Kier molecular flexibility index (Phi) is 21.4. The van der Waals surface area contributed by atoms with Gasteiger partial charge in [0.2, 0.25) is 11.8 Å². The van der Waals surface area contributed by atoms with Crippen molar-refractivity contribution in [2.75, 3.05) is 19.8 Å². The van der Waals surface area contributed by atoms with Gasteiger partial charge in [-0.05, 0) is 85.8 Å². The number of hydrogen-bond donors (Lipinski definition) is 4. The Morgan fingerprint density at radius 1 is 0.639 bits per heavy atom. The normalized spacial score (nSPS) is 12.7. The van der Waals surface area contributed by atoms with Crippen LogP contribution in [0.15, 0.2) is 141 Å². The van der Waals surface area contributed by atoms with Crippen molar-refractivity contribution < 1.29 is 38.5 Å². The summed E-state index contributed by atoms with van der Waals surface area (Å²) in [5.41, 5.74) is 3.86. The van der Waals surface area contributed by atoms with Crippen molar-refractivity contribution >= 4 is 23.9 Å². The van der Waals surface area contributed by atoms with Crippen molar-refractivity contribution in [2.24, 2.45) is 11.8 Å². The highest BCUT2D eigenvalue weighted by atomic mass is 16.5. The minimum atomic E-state index is -0.754. The third-order valence-electron chi connectivity index (χ3n) is 10.1. The molecule has 0 spiro atoms. The fourth-order valence-corrected chi connectivity index (χ4v) is 6.72. The summed E-state index contributed by atoms with van der Waals surface area (Å²) in [5.74, 6) is -1.57. The van der Waals surface area contributed by atoms with Crippen LogP contribution in [0.3, 0.4) is 0 Å². The minimum Gasteiger partial charge on any atom is -0.489 e. The summed E-state index contributed by atoms with van der Waals surface area (Å²) in [5, 5.41) is 18.8. The van der Waals surface area contributed by atoms with E-state index in [1.165, 1.54) is 0 Å². The van der Waals surface area contributed by atoms with E-state index in [0.29, 0.717) is 63.8 Å². The van der Waals surface area contributed by atoms with Gasteiger partial charge in [-0.15, -0.1) is 13.2 Å². The highest BCUT2D eigenvalue weighted by Gasteiger charge is 2.27. The Bertz CT molecular complexity index is 1910. The Labute approximate surface area is 360 Å². The number of amides is 3. The molecule has 11 heteroatoms. The zero-order chi connectivity index (χ0) is 43.5. The van der Waals surface area contributed by atoms with E-state index in [1.807, 2.05) is 115 Å². The highest BCUT2D eigenvalue weighted by Crippen LogP contribution is 2.19. The number of rotatable bonds is 28. The first kappa shape index (κ1) is 47.5. The lowest BCUT2D eigenvalue weighted by Gasteiger charge is -2.24. The maximum Gasteiger partial charge on any atom is 0.407 e. The van der Waals surface area contributed by atoms with Crippen LogP contribution < -0.4 is 20.7 Å². The van der Waals surface area contributed by atoms with Crippen LogP contribution in [-0.4, -0.2) is 60.8 Å². The van der Waals surface area contributed by atoms with Crippen molar-refractivity contribution in [2.45, 2.75) is 83.1 Å². The molecule has 0 fully saturated rings. The second kappa shape index (κ2) is 27.5. The number of allylic oxidation sites excluding steroid dienone is 2. The quantitative estimate of drug-likeness (QED) is 0.0257. The first-order chi connectivity index (χ1) is 29.8. The van der Waals surface area contributed by atoms with E-state index in [2.05, 4.69) is 29.1 Å². The Morgan fingerprint density at radius 2 is 1.26 bits per heavy atom. The van der Waals surface area contributed by atoms with E-state index in [9.17, 15) is 24.3 Å². The minimum absolute atomic E-state index is 0.0633. The molecule has 4 N–H and O–H groups in total. The molecule has 4 atom stereocenters. The number of ether oxygens (including phenoxy) is 3. The Hall–Kier alpha value is -6.20. The molecule has 0 unspecified atom stereocenters. The smallest absolute Gasteiger partial charge is 0.407 e. The standard InChI is InChI=1S/C50H61N3O8/c1-3-5-24-43(31-38-18-9-6-10-19-38)49(57)60-37-44(25-15-16-30-51-50(58)61-36-41-22-13-8-14-23-41)53-48(56)42(17-4-2)33-47(55)52-45(34-54)32-39-26-28-46(29-27-39)59-35-40-20-11-7-12-21-40/h3-4,6-14,18-23,26-29,42-45,54H,1-2,5,15-17,24-25,30-37H2,(H,51,58)(H,52,55)(H,53,56)/t42-,43+,44-,45-/m0/s1.